The molecule has 7 nitrogen and oxygen atoms in total. The van der Waals surface area contributed by atoms with Crippen LogP contribution in [0.4, 0.5) is 0 Å². The molecule has 1 aromatic carbocycles. The molecule has 0 aromatic heterocycles. The van der Waals surface area contributed by atoms with Crippen molar-refractivity contribution in [3.8, 4) is 11.5 Å². The van der Waals surface area contributed by atoms with Crippen molar-refractivity contribution in [3.63, 3.8) is 0 Å². The van der Waals surface area contributed by atoms with Crippen LogP contribution >= 0.6 is 0 Å². The number of methoxy groups -OCH3 is 2. The minimum atomic E-state index is -3.75. The third-order valence-electron chi connectivity index (χ3n) is 4.35. The number of nitrogens with zero attached hydrogens (tertiary/aromatic N) is 2. The van der Waals surface area contributed by atoms with Crippen molar-refractivity contribution in [2.45, 2.75) is 39.0 Å². The number of likely N-dealkylation sites (N-methyl/N-ethyl adjacent to an activating group) is 1. The van der Waals surface area contributed by atoms with E-state index < -0.39 is 10.0 Å². The lowest BCUT2D eigenvalue weighted by molar-refractivity contribution is -0.130. The predicted octanol–water partition coefficient (Wildman–Crippen LogP) is 2.15. The second-order valence-corrected chi connectivity index (χ2v) is 7.55. The van der Waals surface area contributed by atoms with E-state index in [1.807, 2.05) is 13.8 Å². The smallest absolute Gasteiger partial charge is 0.243 e. The quantitative estimate of drug-likeness (QED) is 0.616. The van der Waals surface area contributed by atoms with E-state index in [4.69, 9.17) is 9.47 Å². The summed E-state index contributed by atoms with van der Waals surface area (Å²) in [4.78, 5) is 14.3. The Bertz CT molecular complexity index is 711. The van der Waals surface area contributed by atoms with E-state index >= 15 is 0 Å². The topological polar surface area (TPSA) is 76.1 Å². The van der Waals surface area contributed by atoms with Gasteiger partial charge in [-0.1, -0.05) is 13.8 Å². The Labute approximate surface area is 156 Å². The van der Waals surface area contributed by atoms with Gasteiger partial charge in [0, 0.05) is 32.2 Å². The van der Waals surface area contributed by atoms with E-state index in [0.717, 1.165) is 0 Å². The van der Waals surface area contributed by atoms with Crippen molar-refractivity contribution in [1.82, 2.24) is 9.21 Å². The lowest BCUT2D eigenvalue weighted by Crippen LogP contribution is -2.34. The maximum Gasteiger partial charge on any atom is 0.243 e. The maximum absolute atomic E-state index is 13.1. The molecule has 26 heavy (non-hydrogen) atoms. The summed E-state index contributed by atoms with van der Waals surface area (Å²) in [6.45, 7) is 9.17. The molecule has 0 fully saturated rings. The fraction of sp³-hybridized carbons (Fsp3) is 0.611. The van der Waals surface area contributed by atoms with E-state index in [-0.39, 0.29) is 17.2 Å². The van der Waals surface area contributed by atoms with E-state index in [1.165, 1.54) is 24.6 Å². The third kappa shape index (κ3) is 4.67. The zero-order valence-corrected chi connectivity index (χ0v) is 17.4. The molecule has 0 saturated heterocycles. The highest BCUT2D eigenvalue weighted by Crippen LogP contribution is 2.34. The van der Waals surface area contributed by atoms with Gasteiger partial charge < -0.3 is 14.4 Å². The molecule has 0 spiro atoms. The number of carbonyl (C=O) groups excluding carboxylic acids is 1. The molecular weight excluding hydrogens is 356 g/mol. The molecule has 0 bridgehead atoms. The number of benzene rings is 1. The van der Waals surface area contributed by atoms with E-state index in [2.05, 4.69) is 0 Å². The van der Waals surface area contributed by atoms with Crippen LogP contribution in [0.15, 0.2) is 17.0 Å². The van der Waals surface area contributed by atoms with Gasteiger partial charge in [-0.3, -0.25) is 4.79 Å². The maximum atomic E-state index is 13.1. The van der Waals surface area contributed by atoms with E-state index in [0.29, 0.717) is 43.2 Å². The van der Waals surface area contributed by atoms with Crippen LogP contribution in [0.2, 0.25) is 0 Å². The molecule has 8 heteroatoms. The first-order valence-corrected chi connectivity index (χ1v) is 10.3. The van der Waals surface area contributed by atoms with E-state index in [1.54, 1.807) is 24.8 Å². The molecule has 148 valence electrons. The number of sulfonamides is 1. The van der Waals surface area contributed by atoms with Crippen LogP contribution in [0.3, 0.4) is 0 Å². The van der Waals surface area contributed by atoms with Gasteiger partial charge in [0.2, 0.25) is 15.9 Å². The summed E-state index contributed by atoms with van der Waals surface area (Å²) in [6, 6.07) is 3.02. The minimum absolute atomic E-state index is 0.0160. The summed E-state index contributed by atoms with van der Waals surface area (Å²) in [5, 5.41) is 0. The SMILES string of the molecule is CCN(CC)C(=O)Cc1cc(OC)c(OC)cc1S(=O)(=O)N(CC)CC. The van der Waals surface area contributed by atoms with Gasteiger partial charge in [-0.2, -0.15) is 4.31 Å². The van der Waals surface area contributed by atoms with Gasteiger partial charge >= 0.3 is 0 Å². The Kier molecular flexibility index (Phi) is 8.36. The number of carbonyl (C=O) groups is 1. The van der Waals surface area contributed by atoms with Crippen LogP contribution in [0.25, 0.3) is 0 Å². The molecule has 0 aliphatic heterocycles. The zero-order chi connectivity index (χ0) is 19.9. The molecule has 0 aliphatic carbocycles. The highest BCUT2D eigenvalue weighted by atomic mass is 32.2. The average Bonchev–Trinajstić information content (AvgIpc) is 2.62. The van der Waals surface area contributed by atoms with Crippen molar-refractivity contribution in [2.75, 3.05) is 40.4 Å². The Morgan fingerprint density at radius 2 is 1.42 bits per heavy atom. The number of ether oxygens (including phenoxy) is 2. The molecule has 1 aromatic rings. The van der Waals surface area contributed by atoms with Gasteiger partial charge in [0.15, 0.2) is 11.5 Å². The molecule has 0 atom stereocenters. The molecule has 0 N–H and O–H groups in total. The van der Waals surface area contributed by atoms with Crippen molar-refractivity contribution in [2.24, 2.45) is 0 Å². The summed E-state index contributed by atoms with van der Waals surface area (Å²) in [6.07, 6.45) is -0.0160. The van der Waals surface area contributed by atoms with Crippen LogP contribution in [-0.4, -0.2) is 63.9 Å². The van der Waals surface area contributed by atoms with Crippen LogP contribution in [-0.2, 0) is 21.2 Å². The standard InChI is InChI=1S/C18H30N2O5S/c1-7-19(8-2)18(21)12-14-11-15(24-5)16(25-6)13-17(14)26(22,23)20(9-3)10-4/h11,13H,7-10,12H2,1-6H3. The van der Waals surface area contributed by atoms with Gasteiger partial charge in [0.1, 0.15) is 0 Å². The Morgan fingerprint density at radius 1 is 0.923 bits per heavy atom. The van der Waals surface area contributed by atoms with Crippen molar-refractivity contribution >= 4 is 15.9 Å². The minimum Gasteiger partial charge on any atom is -0.493 e. The summed E-state index contributed by atoms with van der Waals surface area (Å²) in [5.41, 5.74) is 0.409. The van der Waals surface area contributed by atoms with Crippen molar-refractivity contribution < 1.29 is 22.7 Å². The van der Waals surface area contributed by atoms with E-state index in [9.17, 15) is 13.2 Å². The Hall–Kier alpha value is -1.80. The molecule has 1 amide bonds. The van der Waals surface area contributed by atoms with Gasteiger partial charge in [-0.15, -0.1) is 0 Å². The lowest BCUT2D eigenvalue weighted by Gasteiger charge is -2.23. The first-order valence-electron chi connectivity index (χ1n) is 8.83. The second-order valence-electron chi connectivity index (χ2n) is 5.65. The summed E-state index contributed by atoms with van der Waals surface area (Å²) >= 11 is 0. The first-order chi connectivity index (χ1) is 12.3. The molecule has 1 rings (SSSR count). The molecule has 0 unspecified atom stereocenters. The first kappa shape index (κ1) is 22.2. The van der Waals surface area contributed by atoms with Gasteiger partial charge in [0.05, 0.1) is 25.5 Å². The molecule has 0 heterocycles. The fourth-order valence-corrected chi connectivity index (χ4v) is 4.51. The fourth-order valence-electron chi connectivity index (χ4n) is 2.83. The third-order valence-corrected chi connectivity index (χ3v) is 6.48. The Morgan fingerprint density at radius 3 is 1.85 bits per heavy atom. The zero-order valence-electron chi connectivity index (χ0n) is 16.5. The average molecular weight is 387 g/mol. The van der Waals surface area contributed by atoms with Gasteiger partial charge in [-0.05, 0) is 25.5 Å². The molecule has 0 saturated carbocycles. The van der Waals surface area contributed by atoms with Gasteiger partial charge in [-0.25, -0.2) is 8.42 Å². The number of hydrogen-bond acceptors (Lipinski definition) is 5. The highest BCUT2D eigenvalue weighted by molar-refractivity contribution is 7.89. The number of rotatable bonds is 10. The molecule has 0 radical (unpaired) electrons. The number of hydrogen-bond donors (Lipinski definition) is 0. The van der Waals surface area contributed by atoms with Crippen molar-refractivity contribution in [3.05, 3.63) is 17.7 Å². The van der Waals surface area contributed by atoms with Crippen LogP contribution in [0, 0.1) is 0 Å². The summed E-state index contributed by atoms with van der Waals surface area (Å²) < 4.78 is 38.1. The monoisotopic (exact) mass is 386 g/mol. The highest BCUT2D eigenvalue weighted by Gasteiger charge is 2.28. The van der Waals surface area contributed by atoms with Crippen LogP contribution in [0.5, 0.6) is 11.5 Å². The number of amides is 1. The van der Waals surface area contributed by atoms with Crippen LogP contribution in [0.1, 0.15) is 33.3 Å². The lowest BCUT2D eigenvalue weighted by atomic mass is 10.1. The predicted molar refractivity (Wildman–Crippen MR) is 101 cm³/mol. The van der Waals surface area contributed by atoms with Crippen LogP contribution < -0.4 is 9.47 Å². The molecule has 0 aliphatic rings. The summed E-state index contributed by atoms with van der Waals surface area (Å²) in [5.74, 6) is 0.587. The van der Waals surface area contributed by atoms with Crippen molar-refractivity contribution in [1.29, 1.82) is 0 Å². The van der Waals surface area contributed by atoms with Gasteiger partial charge in [0.25, 0.3) is 0 Å². The normalized spacial score (nSPS) is 11.5. The summed E-state index contributed by atoms with van der Waals surface area (Å²) in [7, 11) is -0.818. The Balaban J connectivity index is 3.54. The molecular formula is C18H30N2O5S. The largest absolute Gasteiger partial charge is 0.493 e. The second kappa shape index (κ2) is 9.78.